The van der Waals surface area contributed by atoms with E-state index in [0.29, 0.717) is 6.04 Å². The Hall–Kier alpha value is -0.910. The number of nitrogens with zero attached hydrogens (tertiary/aromatic N) is 1. The maximum Gasteiger partial charge on any atom is 0.128 e. The van der Waals surface area contributed by atoms with E-state index in [4.69, 9.17) is 4.74 Å². The van der Waals surface area contributed by atoms with Gasteiger partial charge < -0.3 is 10.1 Å². The first-order valence-corrected chi connectivity index (χ1v) is 7.95. The minimum Gasteiger partial charge on any atom is -0.496 e. The van der Waals surface area contributed by atoms with Crippen molar-refractivity contribution in [1.82, 2.24) is 10.3 Å². The highest BCUT2D eigenvalue weighted by Gasteiger charge is 2.20. The molecule has 0 amide bonds. The fourth-order valence-corrected chi connectivity index (χ4v) is 3.02. The number of thiazole rings is 1. The zero-order valence-corrected chi connectivity index (χ0v) is 13.1. The van der Waals surface area contributed by atoms with Crippen LogP contribution in [0.3, 0.4) is 0 Å². The molecule has 1 aliphatic carbocycles. The van der Waals surface area contributed by atoms with Crippen molar-refractivity contribution in [3.05, 3.63) is 33.1 Å². The first-order valence-electron chi connectivity index (χ1n) is 6.28. The third kappa shape index (κ3) is 3.16. The van der Waals surface area contributed by atoms with Crippen LogP contribution in [-0.4, -0.2) is 18.1 Å². The molecule has 1 heterocycles. The van der Waals surface area contributed by atoms with E-state index in [1.807, 2.05) is 18.2 Å². The van der Waals surface area contributed by atoms with Crippen molar-refractivity contribution in [3.63, 3.8) is 0 Å². The molecule has 1 aliphatic rings. The quantitative estimate of drug-likeness (QED) is 0.899. The Labute approximate surface area is 125 Å². The molecule has 3 rings (SSSR count). The van der Waals surface area contributed by atoms with Crippen LogP contribution in [0.2, 0.25) is 0 Å². The third-order valence-electron chi connectivity index (χ3n) is 3.11. The van der Waals surface area contributed by atoms with Crippen molar-refractivity contribution in [1.29, 1.82) is 0 Å². The number of hydrogen-bond acceptors (Lipinski definition) is 4. The van der Waals surface area contributed by atoms with Gasteiger partial charge in [0, 0.05) is 28.0 Å². The molecular formula is C14H15BrN2OS. The first kappa shape index (κ1) is 13.1. The van der Waals surface area contributed by atoms with E-state index >= 15 is 0 Å². The maximum atomic E-state index is 5.40. The molecule has 0 radical (unpaired) electrons. The van der Waals surface area contributed by atoms with E-state index in [2.05, 4.69) is 31.6 Å². The van der Waals surface area contributed by atoms with Crippen LogP contribution >= 0.6 is 27.3 Å². The molecule has 1 fully saturated rings. The van der Waals surface area contributed by atoms with Crippen LogP contribution in [0.25, 0.3) is 11.3 Å². The van der Waals surface area contributed by atoms with Crippen molar-refractivity contribution < 1.29 is 4.74 Å². The molecule has 3 nitrogen and oxygen atoms in total. The Bertz CT molecular complexity index is 581. The summed E-state index contributed by atoms with van der Waals surface area (Å²) >= 11 is 5.19. The molecule has 1 saturated carbocycles. The van der Waals surface area contributed by atoms with Crippen LogP contribution in [0.5, 0.6) is 5.75 Å². The van der Waals surface area contributed by atoms with Gasteiger partial charge in [0.05, 0.1) is 12.8 Å². The molecule has 1 N–H and O–H groups in total. The highest BCUT2D eigenvalue weighted by atomic mass is 79.9. The van der Waals surface area contributed by atoms with Crippen molar-refractivity contribution in [2.45, 2.75) is 25.4 Å². The molecule has 100 valence electrons. The number of benzene rings is 1. The monoisotopic (exact) mass is 338 g/mol. The van der Waals surface area contributed by atoms with Gasteiger partial charge in [0.15, 0.2) is 0 Å². The highest BCUT2D eigenvalue weighted by Crippen LogP contribution is 2.33. The molecule has 0 aliphatic heterocycles. The Balaban J connectivity index is 1.82. The number of methoxy groups -OCH3 is 1. The lowest BCUT2D eigenvalue weighted by Gasteiger charge is -2.06. The molecule has 0 unspecified atom stereocenters. The van der Waals surface area contributed by atoms with Gasteiger partial charge in [-0.25, -0.2) is 4.98 Å². The van der Waals surface area contributed by atoms with E-state index in [1.54, 1.807) is 18.4 Å². The van der Waals surface area contributed by atoms with Crippen LogP contribution in [0, 0.1) is 0 Å². The van der Waals surface area contributed by atoms with E-state index in [1.165, 1.54) is 12.8 Å². The summed E-state index contributed by atoms with van der Waals surface area (Å²) in [5, 5.41) is 6.71. The van der Waals surface area contributed by atoms with Gasteiger partial charge in [0.25, 0.3) is 0 Å². The van der Waals surface area contributed by atoms with E-state index in [-0.39, 0.29) is 0 Å². The number of ether oxygens (including phenoxy) is 1. The average Bonchev–Trinajstić information content (AvgIpc) is 3.13. The smallest absolute Gasteiger partial charge is 0.128 e. The van der Waals surface area contributed by atoms with E-state index < -0.39 is 0 Å². The third-order valence-corrected chi connectivity index (χ3v) is 4.45. The summed E-state index contributed by atoms with van der Waals surface area (Å²) in [6, 6.07) is 6.70. The summed E-state index contributed by atoms with van der Waals surface area (Å²) in [4.78, 5) is 4.69. The van der Waals surface area contributed by atoms with Crippen molar-refractivity contribution >= 4 is 27.3 Å². The Morgan fingerprint density at radius 2 is 2.32 bits per heavy atom. The van der Waals surface area contributed by atoms with E-state index in [0.717, 1.165) is 33.0 Å². The van der Waals surface area contributed by atoms with Crippen LogP contribution in [0.4, 0.5) is 0 Å². The number of nitrogens with one attached hydrogen (secondary N) is 1. The standard InChI is InChI=1S/C14H15BrN2OS/c1-18-13-5-2-9(15)6-11(13)12-8-19-14(17-12)7-16-10-3-4-10/h2,5-6,8,10,16H,3-4,7H2,1H3. The summed E-state index contributed by atoms with van der Waals surface area (Å²) in [7, 11) is 1.69. The molecule has 5 heteroatoms. The SMILES string of the molecule is COc1ccc(Br)cc1-c1csc(CNC2CC2)n1. The fraction of sp³-hybridized carbons (Fsp3) is 0.357. The van der Waals surface area contributed by atoms with Gasteiger partial charge in [0.2, 0.25) is 0 Å². The highest BCUT2D eigenvalue weighted by molar-refractivity contribution is 9.10. The largest absolute Gasteiger partial charge is 0.496 e. The Kier molecular flexibility index (Phi) is 3.86. The predicted octanol–water partition coefficient (Wildman–Crippen LogP) is 3.83. The lowest BCUT2D eigenvalue weighted by molar-refractivity contribution is 0.416. The second-order valence-corrected chi connectivity index (χ2v) is 6.48. The van der Waals surface area contributed by atoms with Gasteiger partial charge in [-0.1, -0.05) is 15.9 Å². The molecule has 19 heavy (non-hydrogen) atoms. The predicted molar refractivity (Wildman–Crippen MR) is 81.7 cm³/mol. The summed E-state index contributed by atoms with van der Waals surface area (Å²) in [5.74, 6) is 0.857. The molecule has 0 bridgehead atoms. The van der Waals surface area contributed by atoms with Gasteiger partial charge in [-0.15, -0.1) is 11.3 Å². The molecule has 1 aromatic carbocycles. The molecule has 0 spiro atoms. The maximum absolute atomic E-state index is 5.40. The molecule has 0 saturated heterocycles. The summed E-state index contributed by atoms with van der Waals surface area (Å²) in [6.45, 7) is 0.867. The second-order valence-electron chi connectivity index (χ2n) is 4.63. The topological polar surface area (TPSA) is 34.1 Å². The fourth-order valence-electron chi connectivity index (χ4n) is 1.92. The van der Waals surface area contributed by atoms with Crippen LogP contribution in [-0.2, 0) is 6.54 Å². The summed E-state index contributed by atoms with van der Waals surface area (Å²) < 4.78 is 6.44. The lowest BCUT2D eigenvalue weighted by atomic mass is 10.1. The lowest BCUT2D eigenvalue weighted by Crippen LogP contribution is -2.14. The van der Waals surface area contributed by atoms with Gasteiger partial charge >= 0.3 is 0 Å². The van der Waals surface area contributed by atoms with Crippen molar-refractivity contribution in [2.24, 2.45) is 0 Å². The zero-order valence-electron chi connectivity index (χ0n) is 10.6. The minimum absolute atomic E-state index is 0.716. The number of rotatable bonds is 5. The average molecular weight is 339 g/mol. The normalized spacial score (nSPS) is 14.6. The number of aromatic nitrogens is 1. The molecule has 2 aromatic rings. The van der Waals surface area contributed by atoms with Crippen LogP contribution < -0.4 is 10.1 Å². The summed E-state index contributed by atoms with van der Waals surface area (Å²) in [5.41, 5.74) is 2.02. The first-order chi connectivity index (χ1) is 9.26. The van der Waals surface area contributed by atoms with Crippen molar-refractivity contribution in [3.8, 4) is 17.0 Å². The van der Waals surface area contributed by atoms with E-state index in [9.17, 15) is 0 Å². The molecule has 0 atom stereocenters. The van der Waals surface area contributed by atoms with Gasteiger partial charge in [-0.05, 0) is 31.0 Å². The van der Waals surface area contributed by atoms with Gasteiger partial charge in [-0.3, -0.25) is 0 Å². The van der Waals surface area contributed by atoms with Crippen molar-refractivity contribution in [2.75, 3.05) is 7.11 Å². The molecule has 1 aromatic heterocycles. The Morgan fingerprint density at radius 1 is 1.47 bits per heavy atom. The van der Waals surface area contributed by atoms with Gasteiger partial charge in [-0.2, -0.15) is 0 Å². The number of halogens is 1. The number of hydrogen-bond donors (Lipinski definition) is 1. The summed E-state index contributed by atoms with van der Waals surface area (Å²) in [6.07, 6.45) is 2.61. The van der Waals surface area contributed by atoms with Crippen LogP contribution in [0.15, 0.2) is 28.1 Å². The Morgan fingerprint density at radius 3 is 3.05 bits per heavy atom. The minimum atomic E-state index is 0.716. The second kappa shape index (κ2) is 5.61. The zero-order chi connectivity index (χ0) is 13.2. The van der Waals surface area contributed by atoms with Crippen LogP contribution in [0.1, 0.15) is 17.8 Å². The molecular weight excluding hydrogens is 324 g/mol. The van der Waals surface area contributed by atoms with Gasteiger partial charge in [0.1, 0.15) is 10.8 Å².